The summed E-state index contributed by atoms with van der Waals surface area (Å²) in [6.45, 7) is 11.2. The molecule has 26 heavy (non-hydrogen) atoms. The van der Waals surface area contributed by atoms with E-state index in [9.17, 15) is 10.2 Å². The van der Waals surface area contributed by atoms with Gasteiger partial charge in [-0.2, -0.15) is 0 Å². The van der Waals surface area contributed by atoms with Crippen molar-refractivity contribution in [1.82, 2.24) is 0 Å². The predicted molar refractivity (Wildman–Crippen MR) is 102 cm³/mol. The van der Waals surface area contributed by atoms with Crippen molar-refractivity contribution in [1.29, 1.82) is 0 Å². The summed E-state index contributed by atoms with van der Waals surface area (Å²) < 4.78 is 6.45. The number of epoxide rings is 1. The molecule has 2 N–H and O–H groups in total. The lowest BCUT2D eigenvalue weighted by Gasteiger charge is -2.65. The summed E-state index contributed by atoms with van der Waals surface area (Å²) in [7, 11) is 0. The monoisotopic (exact) mass is 360 g/mol. The molecule has 5 aliphatic rings. The molecular formula is C23H36O3. The summed E-state index contributed by atoms with van der Waals surface area (Å²) in [6.07, 6.45) is 11.0. The summed E-state index contributed by atoms with van der Waals surface area (Å²) in [5.74, 6) is 1.27. The summed E-state index contributed by atoms with van der Waals surface area (Å²) in [4.78, 5) is 0. The first-order valence-electron chi connectivity index (χ1n) is 10.9. The van der Waals surface area contributed by atoms with Crippen molar-refractivity contribution in [2.24, 2.45) is 28.1 Å². The molecule has 4 aliphatic carbocycles. The number of aliphatic hydroxyl groups is 2. The second-order valence-electron chi connectivity index (χ2n) is 11.1. The van der Waals surface area contributed by atoms with Crippen molar-refractivity contribution >= 4 is 0 Å². The molecule has 146 valence electrons. The molecule has 0 bridgehead atoms. The van der Waals surface area contributed by atoms with Crippen LogP contribution in [0.3, 0.4) is 0 Å². The SMILES string of the molecule is C=CC[C@@]1(O)CC[C@]2(C)[C@H]3CC[C@@]4(C)[C@@H](CC[C@@H]4O)[C@]3(C)CC[C@@]23O[C@@H]13. The van der Waals surface area contributed by atoms with Gasteiger partial charge < -0.3 is 14.9 Å². The van der Waals surface area contributed by atoms with Gasteiger partial charge in [0.2, 0.25) is 0 Å². The molecule has 1 heterocycles. The van der Waals surface area contributed by atoms with Crippen LogP contribution in [0.1, 0.15) is 78.6 Å². The third-order valence-corrected chi connectivity index (χ3v) is 10.4. The predicted octanol–water partition coefficient (Wildman–Crippen LogP) is 4.22. The molecule has 5 rings (SSSR count). The minimum atomic E-state index is -0.707. The lowest BCUT2D eigenvalue weighted by atomic mass is 9.39. The molecule has 4 saturated carbocycles. The molecule has 1 spiro atoms. The largest absolute Gasteiger partial charge is 0.393 e. The van der Waals surface area contributed by atoms with Crippen molar-refractivity contribution in [2.45, 2.75) is 102 Å². The summed E-state index contributed by atoms with van der Waals surface area (Å²) in [5, 5.41) is 21.9. The van der Waals surface area contributed by atoms with Gasteiger partial charge in [-0.25, -0.2) is 0 Å². The highest BCUT2D eigenvalue weighted by Crippen LogP contribution is 2.77. The Morgan fingerprint density at radius 1 is 0.962 bits per heavy atom. The van der Waals surface area contributed by atoms with Gasteiger partial charge in [-0.15, -0.1) is 6.58 Å². The van der Waals surface area contributed by atoms with Crippen LogP contribution in [0.25, 0.3) is 0 Å². The van der Waals surface area contributed by atoms with Crippen molar-refractivity contribution in [3.63, 3.8) is 0 Å². The molecule has 1 saturated heterocycles. The number of ether oxygens (including phenoxy) is 1. The molecule has 9 atom stereocenters. The van der Waals surface area contributed by atoms with Crippen LogP contribution in [0.2, 0.25) is 0 Å². The molecule has 0 radical (unpaired) electrons. The first-order chi connectivity index (χ1) is 12.2. The quantitative estimate of drug-likeness (QED) is 0.573. The van der Waals surface area contributed by atoms with Gasteiger partial charge in [0.05, 0.1) is 11.7 Å². The highest BCUT2D eigenvalue weighted by molar-refractivity contribution is 5.29. The minimum absolute atomic E-state index is 0.00113. The van der Waals surface area contributed by atoms with E-state index in [0.29, 0.717) is 23.7 Å². The lowest BCUT2D eigenvalue weighted by molar-refractivity contribution is -0.179. The number of fused-ring (bicyclic) bond motifs is 4. The second kappa shape index (κ2) is 4.96. The average Bonchev–Trinajstić information content (AvgIpc) is 3.27. The standard InChI is InChI=1S/C23H36O3/c1-5-9-22(25)13-12-21(4)16-8-10-20(3)15(6-7-17(20)24)19(16,2)11-14-23(21)18(22)26-23/h5,15-18,24-25H,1,6-14H2,2-4H3/t15-,16-,17-,18-,19-,20-,21+,22+,23-/m0/s1. The summed E-state index contributed by atoms with van der Waals surface area (Å²) in [6, 6.07) is 0. The van der Waals surface area contributed by atoms with Gasteiger partial charge in [0, 0.05) is 5.41 Å². The lowest BCUT2D eigenvalue weighted by Crippen LogP contribution is -2.64. The molecule has 0 aromatic carbocycles. The number of aliphatic hydroxyl groups excluding tert-OH is 1. The second-order valence-corrected chi connectivity index (χ2v) is 11.1. The molecule has 1 aliphatic heterocycles. The molecule has 5 fully saturated rings. The molecule has 0 unspecified atom stereocenters. The van der Waals surface area contributed by atoms with Crippen LogP contribution in [0.5, 0.6) is 0 Å². The Balaban J connectivity index is 1.51. The van der Waals surface area contributed by atoms with Crippen LogP contribution in [-0.2, 0) is 4.74 Å². The molecular weight excluding hydrogens is 324 g/mol. The van der Waals surface area contributed by atoms with Crippen molar-refractivity contribution in [2.75, 3.05) is 0 Å². The van der Waals surface area contributed by atoms with Crippen molar-refractivity contribution < 1.29 is 14.9 Å². The van der Waals surface area contributed by atoms with E-state index >= 15 is 0 Å². The fourth-order valence-corrected chi connectivity index (χ4v) is 8.89. The van der Waals surface area contributed by atoms with E-state index in [1.807, 2.05) is 6.08 Å². The van der Waals surface area contributed by atoms with Crippen LogP contribution < -0.4 is 0 Å². The number of hydrogen-bond acceptors (Lipinski definition) is 3. The maximum Gasteiger partial charge on any atom is 0.117 e. The van der Waals surface area contributed by atoms with Crippen LogP contribution in [0, 0.1) is 28.1 Å². The zero-order valence-electron chi connectivity index (χ0n) is 16.8. The van der Waals surface area contributed by atoms with E-state index in [1.54, 1.807) is 0 Å². The van der Waals surface area contributed by atoms with Gasteiger partial charge in [-0.05, 0) is 80.5 Å². The fourth-order valence-electron chi connectivity index (χ4n) is 8.89. The Morgan fingerprint density at radius 2 is 1.73 bits per heavy atom. The fraction of sp³-hybridized carbons (Fsp3) is 0.913. The zero-order chi connectivity index (χ0) is 18.6. The minimum Gasteiger partial charge on any atom is -0.393 e. The van der Waals surface area contributed by atoms with E-state index in [4.69, 9.17) is 4.74 Å². The maximum absolute atomic E-state index is 11.2. The van der Waals surface area contributed by atoms with E-state index in [0.717, 1.165) is 32.1 Å². The molecule has 0 amide bonds. The smallest absolute Gasteiger partial charge is 0.117 e. The first-order valence-corrected chi connectivity index (χ1v) is 10.9. The summed E-state index contributed by atoms with van der Waals surface area (Å²) in [5.41, 5.74) is -0.254. The van der Waals surface area contributed by atoms with E-state index < -0.39 is 5.60 Å². The zero-order valence-corrected chi connectivity index (χ0v) is 16.8. The molecule has 0 aromatic heterocycles. The van der Waals surface area contributed by atoms with Gasteiger partial charge in [-0.1, -0.05) is 26.8 Å². The molecule has 3 heteroatoms. The normalized spacial score (nSPS) is 63.3. The van der Waals surface area contributed by atoms with Gasteiger partial charge in [0.15, 0.2) is 0 Å². The average molecular weight is 361 g/mol. The topological polar surface area (TPSA) is 53.0 Å². The molecule has 0 aromatic rings. The molecule has 3 nitrogen and oxygen atoms in total. The Labute approximate surface area is 158 Å². The Morgan fingerprint density at radius 3 is 2.46 bits per heavy atom. The van der Waals surface area contributed by atoms with Crippen LogP contribution in [-0.4, -0.2) is 33.6 Å². The Hall–Kier alpha value is -0.380. The third kappa shape index (κ3) is 1.77. The van der Waals surface area contributed by atoms with Gasteiger partial charge in [0.1, 0.15) is 11.7 Å². The maximum atomic E-state index is 11.2. The Bertz CT molecular complexity index is 647. The summed E-state index contributed by atoms with van der Waals surface area (Å²) >= 11 is 0. The van der Waals surface area contributed by atoms with Crippen LogP contribution in [0.4, 0.5) is 0 Å². The number of hydrogen-bond donors (Lipinski definition) is 2. The van der Waals surface area contributed by atoms with Crippen LogP contribution in [0.15, 0.2) is 12.7 Å². The highest BCUT2D eigenvalue weighted by Gasteiger charge is 2.80. The number of rotatable bonds is 2. The van der Waals surface area contributed by atoms with Crippen molar-refractivity contribution in [3.05, 3.63) is 12.7 Å². The Kier molecular flexibility index (Phi) is 3.38. The van der Waals surface area contributed by atoms with Gasteiger partial charge >= 0.3 is 0 Å². The highest BCUT2D eigenvalue weighted by atomic mass is 16.6. The van der Waals surface area contributed by atoms with E-state index in [-0.39, 0.29) is 28.6 Å². The van der Waals surface area contributed by atoms with Crippen molar-refractivity contribution in [3.8, 4) is 0 Å². The van der Waals surface area contributed by atoms with E-state index in [1.165, 1.54) is 19.3 Å². The van der Waals surface area contributed by atoms with E-state index in [2.05, 4.69) is 27.4 Å². The first kappa shape index (κ1) is 17.7. The third-order valence-electron chi connectivity index (χ3n) is 10.4. The van der Waals surface area contributed by atoms with Gasteiger partial charge in [-0.3, -0.25) is 0 Å². The van der Waals surface area contributed by atoms with Gasteiger partial charge in [0.25, 0.3) is 0 Å². The van der Waals surface area contributed by atoms with Crippen LogP contribution >= 0.6 is 0 Å².